The zero-order chi connectivity index (χ0) is 59.8. The van der Waals surface area contributed by atoms with Crippen LogP contribution in [0, 0.1) is 0 Å². The Balaban J connectivity index is 1.10. The Bertz CT molecular complexity index is 3580. The van der Waals surface area contributed by atoms with Crippen LogP contribution in [0.4, 0.5) is 0 Å². The average Bonchev–Trinajstić information content (AvgIpc) is 2.58. The molecule has 0 fully saturated rings. The van der Waals surface area contributed by atoms with Crippen molar-refractivity contribution < 1.29 is 0 Å². The third-order valence-electron chi connectivity index (χ3n) is 19.9. The van der Waals surface area contributed by atoms with Crippen molar-refractivity contribution >= 4 is 129 Å². The van der Waals surface area contributed by atoms with Gasteiger partial charge < -0.3 is 0 Å². The van der Waals surface area contributed by atoms with Gasteiger partial charge in [0, 0.05) is 16.2 Å². The highest BCUT2D eigenvalue weighted by molar-refractivity contribution is 9.50. The van der Waals surface area contributed by atoms with Crippen LogP contribution in [0.25, 0.3) is 33.4 Å². The summed E-state index contributed by atoms with van der Waals surface area (Å²) in [4.78, 5) is 0. The Kier molecular flexibility index (Phi) is 16.3. The zero-order valence-corrected chi connectivity index (χ0v) is 58.8. The maximum Gasteiger partial charge on any atom is 0.329 e. The summed E-state index contributed by atoms with van der Waals surface area (Å²) in [5, 5.41) is 0. The van der Waals surface area contributed by atoms with Gasteiger partial charge in [-0.1, -0.05) is 302 Å². The number of benzene rings is 8. The Morgan fingerprint density at radius 1 is 0.265 bits per heavy atom. The molecule has 0 heterocycles. The number of hydrogen-bond donors (Lipinski definition) is 0. The molecule has 0 bridgehead atoms. The molecule has 0 spiro atoms. The van der Waals surface area contributed by atoms with Crippen LogP contribution in [-0.2, 0) is 16.2 Å². The molecule has 83 heavy (non-hydrogen) atoms. The fourth-order valence-corrected chi connectivity index (χ4v) is 16.2. The highest BCUT2D eigenvalue weighted by Gasteiger charge is 2.43. The Hall–Kier alpha value is -4.06. The minimum Gasteiger partial charge on any atom is -0.132 e. The van der Waals surface area contributed by atoms with Crippen LogP contribution in [-0.4, -0.2) is 22.1 Å². The molecule has 0 N–H and O–H groups in total. The fourth-order valence-electron chi connectivity index (χ4n) is 15.0. The number of halogens is 4. The largest absolute Gasteiger partial charge is 0.329 e. The fraction of sp³-hybridized carbons (Fsp3) is 0.360. The van der Waals surface area contributed by atoms with Crippen molar-refractivity contribution in [2.45, 2.75) is 176 Å². The molecule has 0 saturated carbocycles. The quantitative estimate of drug-likeness (QED) is 0.0952. The first kappa shape index (κ1) is 60.6. The lowest BCUT2D eigenvalue weighted by Gasteiger charge is -2.30. The predicted octanol–water partition coefficient (Wildman–Crippen LogP) is 17.3. The van der Waals surface area contributed by atoms with E-state index in [4.69, 9.17) is 0 Å². The highest BCUT2D eigenvalue weighted by atomic mass is 79.9. The molecule has 0 amide bonds. The summed E-state index contributed by atoms with van der Waals surface area (Å²) in [5.41, 5.74) is 35.6. The lowest BCUT2D eigenvalue weighted by atomic mass is 9.34. The summed E-state index contributed by atoms with van der Waals surface area (Å²) in [6.45, 7) is 43.5. The van der Waals surface area contributed by atoms with Crippen LogP contribution < -0.4 is 43.7 Å². The van der Waals surface area contributed by atoms with Crippen LogP contribution in [0.2, 0.25) is 0 Å². The van der Waals surface area contributed by atoms with E-state index in [2.05, 4.69) is 321 Å². The third-order valence-corrected chi connectivity index (χ3v) is 22.1. The van der Waals surface area contributed by atoms with Gasteiger partial charge in [0.15, 0.2) is 0 Å². The molecule has 422 valence electrons. The number of rotatable bonds is 14. The van der Waals surface area contributed by atoms with E-state index in [0.717, 1.165) is 0 Å². The van der Waals surface area contributed by atoms with Gasteiger partial charge >= 0.3 is 8.72 Å². The first-order valence-electron chi connectivity index (χ1n) is 30.8. The third kappa shape index (κ3) is 10.2. The first-order valence-corrected chi connectivity index (χ1v) is 34.5. The minimum absolute atomic E-state index is 0.0190. The topological polar surface area (TPSA) is 0 Å². The highest BCUT2D eigenvalue weighted by Crippen LogP contribution is 2.51. The molecule has 0 aliphatic heterocycles. The second kappa shape index (κ2) is 22.3. The van der Waals surface area contributed by atoms with Crippen LogP contribution >= 0.6 is 63.0 Å². The standard InChI is InChI=1S/C75H82B4Br4/c1-41(2)47-31-61(43(5)6)71(62(32-47)44(7)8)76(51-21-27-57-59-29-23-53(78(80)81)39-69(59)74(15,16)67(57)37-51)49-19-25-55-56-26-20-50(36-66(56)73(13,14)65(55)35-49)77(72-63(45(9)10)33-48(42(3)4)34-64(72)46(11)12)52-22-28-58-60-30-24-54(79(82)83)40-70(60)75(17,18)68(58)38-52/h19-46H,1-18H3. The lowest BCUT2D eigenvalue weighted by Crippen LogP contribution is -2.55. The maximum atomic E-state index is 3.82. The molecule has 0 saturated heterocycles. The molecule has 0 atom stereocenters. The average molecular weight is 1350 g/mol. The van der Waals surface area contributed by atoms with Gasteiger partial charge in [0.25, 0.3) is 0 Å². The van der Waals surface area contributed by atoms with Crippen molar-refractivity contribution in [3.8, 4) is 33.4 Å². The van der Waals surface area contributed by atoms with Gasteiger partial charge in [0.2, 0.25) is 13.4 Å². The predicted molar refractivity (Wildman–Crippen MR) is 385 cm³/mol. The van der Waals surface area contributed by atoms with Crippen molar-refractivity contribution in [1.29, 1.82) is 0 Å². The minimum atomic E-state index is -0.276. The second-order valence-corrected chi connectivity index (χ2v) is 34.4. The van der Waals surface area contributed by atoms with E-state index in [1.807, 2.05) is 0 Å². The van der Waals surface area contributed by atoms with Gasteiger partial charge in [-0.3, -0.25) is 0 Å². The van der Waals surface area contributed by atoms with E-state index in [9.17, 15) is 0 Å². The summed E-state index contributed by atoms with van der Waals surface area (Å²) >= 11 is 15.3. The van der Waals surface area contributed by atoms with Gasteiger partial charge in [-0.15, -0.1) is 63.0 Å². The van der Waals surface area contributed by atoms with E-state index in [1.165, 1.54) is 144 Å². The summed E-state index contributed by atoms with van der Waals surface area (Å²) in [6.07, 6.45) is 0. The molecule has 0 unspecified atom stereocenters. The normalized spacial score (nSPS) is 14.8. The SMILES string of the molecule is CC(C)c1cc(C(C)C)c(B(c2ccc3c(c2)C(C)(C)c2cc(B(Br)Br)ccc2-3)c2ccc3c(c2)C(C)(C)c2cc(B(c4ccc5c(c4)C(C)(C)c4cc(B(Br)Br)ccc4-5)c4c(C(C)C)cc(C(C)C)cc4C(C)C)ccc2-3)c(C(C)C)c1. The first-order chi connectivity index (χ1) is 39.0. The lowest BCUT2D eigenvalue weighted by molar-refractivity contribution is 0.661. The molecule has 8 aromatic carbocycles. The van der Waals surface area contributed by atoms with Crippen molar-refractivity contribution in [2.24, 2.45) is 0 Å². The zero-order valence-electron chi connectivity index (χ0n) is 52.5. The molecule has 8 aromatic rings. The molecule has 0 aromatic heterocycles. The van der Waals surface area contributed by atoms with Gasteiger partial charge in [0.05, 0.1) is 0 Å². The van der Waals surface area contributed by atoms with Crippen molar-refractivity contribution in [3.05, 3.63) is 200 Å². The maximum absolute atomic E-state index is 3.82. The Morgan fingerprint density at radius 3 is 0.639 bits per heavy atom. The van der Waals surface area contributed by atoms with Crippen molar-refractivity contribution in [1.82, 2.24) is 0 Å². The van der Waals surface area contributed by atoms with Gasteiger partial charge in [-0.05, 0) is 136 Å². The van der Waals surface area contributed by atoms with E-state index in [0.29, 0.717) is 35.5 Å². The van der Waals surface area contributed by atoms with Gasteiger partial charge in [-0.25, -0.2) is 0 Å². The van der Waals surface area contributed by atoms with Gasteiger partial charge in [0.1, 0.15) is 0 Å². The summed E-state index contributed by atoms with van der Waals surface area (Å²) in [5.74, 6) is 2.23. The summed E-state index contributed by atoms with van der Waals surface area (Å²) in [7, 11) is 0. The van der Waals surface area contributed by atoms with Gasteiger partial charge in [-0.2, -0.15) is 0 Å². The molecule has 0 radical (unpaired) electrons. The number of fused-ring (bicyclic) bond motifs is 9. The molecular weight excluding hydrogens is 1260 g/mol. The Labute approximate surface area is 534 Å². The number of hydrogen-bond acceptors (Lipinski definition) is 0. The Morgan fingerprint density at radius 2 is 0.458 bits per heavy atom. The molecule has 3 aliphatic carbocycles. The van der Waals surface area contributed by atoms with Crippen LogP contribution in [0.3, 0.4) is 0 Å². The molecule has 8 heteroatoms. The van der Waals surface area contributed by atoms with E-state index >= 15 is 0 Å². The van der Waals surface area contributed by atoms with Crippen molar-refractivity contribution in [2.75, 3.05) is 0 Å². The second-order valence-electron chi connectivity index (χ2n) is 28.3. The van der Waals surface area contributed by atoms with Crippen LogP contribution in [0.15, 0.2) is 133 Å². The van der Waals surface area contributed by atoms with E-state index < -0.39 is 0 Å². The summed E-state index contributed by atoms with van der Waals surface area (Å²) < 4.78 is 0.204. The summed E-state index contributed by atoms with van der Waals surface area (Å²) in [6, 6.07) is 54.7. The molecule has 0 nitrogen and oxygen atoms in total. The monoisotopic (exact) mass is 1340 g/mol. The molecule has 11 rings (SSSR count). The molecular formula is C75H82B4Br4. The van der Waals surface area contributed by atoms with E-state index in [1.54, 1.807) is 0 Å². The van der Waals surface area contributed by atoms with Crippen molar-refractivity contribution in [3.63, 3.8) is 0 Å². The molecule has 3 aliphatic rings. The smallest absolute Gasteiger partial charge is 0.132 e. The van der Waals surface area contributed by atoms with E-state index in [-0.39, 0.29) is 38.4 Å². The van der Waals surface area contributed by atoms with Crippen LogP contribution in [0.1, 0.15) is 227 Å². The van der Waals surface area contributed by atoms with Crippen LogP contribution in [0.5, 0.6) is 0 Å².